The average Bonchev–Trinajstić information content (AvgIpc) is 3.31. The van der Waals surface area contributed by atoms with Crippen LogP contribution >= 0.6 is 11.8 Å². The maximum absolute atomic E-state index is 14.2. The van der Waals surface area contributed by atoms with Crippen LogP contribution in [0.5, 0.6) is 0 Å². The lowest BCUT2D eigenvalue weighted by molar-refractivity contribution is -0.143. The first kappa shape index (κ1) is 17.1. The van der Waals surface area contributed by atoms with E-state index < -0.39 is 23.2 Å². The molecule has 1 aromatic heterocycles. The monoisotopic (exact) mass is 375 g/mol. The molecule has 1 saturated heterocycles. The van der Waals surface area contributed by atoms with E-state index in [1.807, 2.05) is 0 Å². The minimum Gasteiger partial charge on any atom is -0.479 e. The fraction of sp³-hybridized carbons (Fsp3) is 0.389. The molecule has 0 saturated carbocycles. The van der Waals surface area contributed by atoms with Crippen molar-refractivity contribution >= 4 is 23.6 Å². The van der Waals surface area contributed by atoms with Crippen LogP contribution in [0.1, 0.15) is 34.6 Å². The summed E-state index contributed by atoms with van der Waals surface area (Å²) in [5, 5.41) is 16.6. The molecule has 2 aromatic rings. The number of aliphatic carboxylic acids is 1. The Labute approximate surface area is 153 Å². The zero-order chi connectivity index (χ0) is 18.3. The fourth-order valence-corrected chi connectivity index (χ4v) is 4.93. The number of amides is 1. The van der Waals surface area contributed by atoms with Crippen LogP contribution in [-0.4, -0.2) is 43.8 Å². The number of para-hydroxylation sites is 1. The highest BCUT2D eigenvalue weighted by Crippen LogP contribution is 2.31. The molecular weight excluding hydrogens is 357 g/mol. The van der Waals surface area contributed by atoms with E-state index in [2.05, 4.69) is 10.4 Å². The first-order valence-corrected chi connectivity index (χ1v) is 9.67. The highest BCUT2D eigenvalue weighted by Gasteiger charge is 2.44. The molecule has 1 amide bonds. The molecule has 1 fully saturated rings. The Hall–Kier alpha value is -2.35. The lowest BCUT2D eigenvalue weighted by Crippen LogP contribution is -2.55. The van der Waals surface area contributed by atoms with Crippen molar-refractivity contribution < 1.29 is 19.1 Å². The van der Waals surface area contributed by atoms with Crippen molar-refractivity contribution in [1.82, 2.24) is 15.1 Å². The van der Waals surface area contributed by atoms with Crippen molar-refractivity contribution in [2.45, 2.75) is 31.2 Å². The molecule has 6 nitrogen and oxygen atoms in total. The summed E-state index contributed by atoms with van der Waals surface area (Å²) in [7, 11) is 0. The summed E-state index contributed by atoms with van der Waals surface area (Å²) in [5.74, 6) is -0.909. The first-order valence-electron chi connectivity index (χ1n) is 8.51. The number of hydrogen-bond acceptors (Lipinski definition) is 4. The van der Waals surface area contributed by atoms with E-state index in [4.69, 9.17) is 0 Å². The molecule has 26 heavy (non-hydrogen) atoms. The molecule has 8 heteroatoms. The molecule has 4 rings (SSSR count). The second-order valence-electron chi connectivity index (χ2n) is 6.63. The van der Waals surface area contributed by atoms with E-state index in [1.165, 1.54) is 22.5 Å². The Morgan fingerprint density at radius 1 is 1.31 bits per heavy atom. The van der Waals surface area contributed by atoms with Gasteiger partial charge < -0.3 is 10.4 Å². The van der Waals surface area contributed by atoms with Crippen LogP contribution in [0.25, 0.3) is 5.69 Å². The first-order chi connectivity index (χ1) is 12.5. The number of aromatic nitrogens is 2. The molecule has 0 radical (unpaired) electrons. The second-order valence-corrected chi connectivity index (χ2v) is 7.74. The third-order valence-corrected chi connectivity index (χ3v) is 6.20. The maximum Gasteiger partial charge on any atom is 0.330 e. The highest BCUT2D eigenvalue weighted by molar-refractivity contribution is 7.99. The number of carbonyl (C=O) groups is 2. The molecule has 0 spiro atoms. The number of hydrogen-bond donors (Lipinski definition) is 2. The fourth-order valence-electron chi connectivity index (χ4n) is 3.60. The van der Waals surface area contributed by atoms with Gasteiger partial charge in [0.05, 0.1) is 0 Å². The number of benzene rings is 1. The normalized spacial score (nSPS) is 21.6. The van der Waals surface area contributed by atoms with Gasteiger partial charge in [0, 0.05) is 17.0 Å². The molecule has 2 N–H and O–H groups in total. The van der Waals surface area contributed by atoms with Crippen molar-refractivity contribution in [3.63, 3.8) is 0 Å². The van der Waals surface area contributed by atoms with E-state index >= 15 is 0 Å². The largest absolute Gasteiger partial charge is 0.479 e. The third kappa shape index (κ3) is 2.68. The number of carboxylic acids is 1. The predicted molar refractivity (Wildman–Crippen MR) is 95.3 cm³/mol. The van der Waals surface area contributed by atoms with E-state index in [0.29, 0.717) is 36.5 Å². The summed E-state index contributed by atoms with van der Waals surface area (Å²) in [6.45, 7) is 0. The van der Waals surface area contributed by atoms with Gasteiger partial charge in [-0.05, 0) is 43.6 Å². The van der Waals surface area contributed by atoms with Crippen molar-refractivity contribution in [2.75, 3.05) is 11.5 Å². The van der Waals surface area contributed by atoms with Gasteiger partial charge in [-0.15, -0.1) is 0 Å². The van der Waals surface area contributed by atoms with Gasteiger partial charge in [0.2, 0.25) is 0 Å². The summed E-state index contributed by atoms with van der Waals surface area (Å²) >= 11 is 1.51. The van der Waals surface area contributed by atoms with E-state index in [-0.39, 0.29) is 5.69 Å². The van der Waals surface area contributed by atoms with Gasteiger partial charge in [-0.1, -0.05) is 12.1 Å². The van der Waals surface area contributed by atoms with Crippen LogP contribution in [-0.2, 0) is 17.6 Å². The molecule has 0 bridgehead atoms. The quantitative estimate of drug-likeness (QED) is 0.856. The molecule has 2 heterocycles. The number of fused-ring (bicyclic) bond motifs is 1. The van der Waals surface area contributed by atoms with Crippen LogP contribution in [0.2, 0.25) is 0 Å². The molecule has 1 unspecified atom stereocenters. The maximum atomic E-state index is 14.2. The topological polar surface area (TPSA) is 84.2 Å². The third-order valence-electron chi connectivity index (χ3n) is 5.01. The zero-order valence-corrected chi connectivity index (χ0v) is 14.8. The number of thioether (sulfide) groups is 1. The van der Waals surface area contributed by atoms with Gasteiger partial charge in [0.15, 0.2) is 5.69 Å². The lowest BCUT2D eigenvalue weighted by Gasteiger charge is -2.24. The van der Waals surface area contributed by atoms with Crippen LogP contribution in [0.3, 0.4) is 0 Å². The summed E-state index contributed by atoms with van der Waals surface area (Å²) < 4.78 is 15.7. The van der Waals surface area contributed by atoms with E-state index in [0.717, 1.165) is 17.7 Å². The van der Waals surface area contributed by atoms with Gasteiger partial charge >= 0.3 is 5.97 Å². The predicted octanol–water partition coefficient (Wildman–Crippen LogP) is 2.19. The Bertz CT molecular complexity index is 890. The minimum absolute atomic E-state index is 0.207. The van der Waals surface area contributed by atoms with Gasteiger partial charge in [-0.2, -0.15) is 16.9 Å². The highest BCUT2D eigenvalue weighted by atomic mass is 32.2. The number of nitrogens with one attached hydrogen (secondary N) is 1. The second kappa shape index (κ2) is 6.42. The SMILES string of the molecule is O=C(NC1(C(=O)O)CCSC1)c1nn(-c2ccccc2F)c2c1CCC2. The molecule has 1 aliphatic carbocycles. The number of rotatable bonds is 4. The van der Waals surface area contributed by atoms with Gasteiger partial charge in [0.1, 0.15) is 17.0 Å². The van der Waals surface area contributed by atoms with Crippen LogP contribution < -0.4 is 5.32 Å². The molecular formula is C18H18FN3O3S. The smallest absolute Gasteiger partial charge is 0.330 e. The summed E-state index contributed by atoms with van der Waals surface area (Å²) in [4.78, 5) is 24.5. The van der Waals surface area contributed by atoms with Gasteiger partial charge in [-0.3, -0.25) is 4.79 Å². The number of carboxylic acid groups (broad SMARTS) is 1. The Kier molecular flexibility index (Phi) is 4.22. The summed E-state index contributed by atoms with van der Waals surface area (Å²) in [6.07, 6.45) is 2.64. The summed E-state index contributed by atoms with van der Waals surface area (Å²) in [5.41, 5.74) is 0.865. The Morgan fingerprint density at radius 3 is 2.81 bits per heavy atom. The molecule has 2 aliphatic rings. The van der Waals surface area contributed by atoms with E-state index in [9.17, 15) is 19.1 Å². The molecule has 136 valence electrons. The van der Waals surface area contributed by atoms with Gasteiger partial charge in [-0.25, -0.2) is 13.9 Å². The van der Waals surface area contributed by atoms with Crippen molar-refractivity contribution in [3.8, 4) is 5.69 Å². The molecule has 1 atom stereocenters. The minimum atomic E-state index is -1.25. The van der Waals surface area contributed by atoms with Crippen LogP contribution in [0, 0.1) is 5.82 Å². The number of carbonyl (C=O) groups excluding carboxylic acids is 1. The molecule has 1 aliphatic heterocycles. The van der Waals surface area contributed by atoms with Crippen molar-refractivity contribution in [3.05, 3.63) is 47.0 Å². The van der Waals surface area contributed by atoms with Gasteiger partial charge in [0.25, 0.3) is 5.91 Å². The van der Waals surface area contributed by atoms with Crippen molar-refractivity contribution in [2.24, 2.45) is 0 Å². The van der Waals surface area contributed by atoms with E-state index in [1.54, 1.807) is 18.2 Å². The molecule has 1 aromatic carbocycles. The van der Waals surface area contributed by atoms with Crippen molar-refractivity contribution in [1.29, 1.82) is 0 Å². The van der Waals surface area contributed by atoms with Crippen LogP contribution in [0.4, 0.5) is 4.39 Å². The number of halogens is 1. The lowest BCUT2D eigenvalue weighted by atomic mass is 9.98. The Balaban J connectivity index is 1.72. The zero-order valence-electron chi connectivity index (χ0n) is 14.0. The van der Waals surface area contributed by atoms with Crippen LogP contribution in [0.15, 0.2) is 24.3 Å². The number of nitrogens with zero attached hydrogens (tertiary/aromatic N) is 2. The Morgan fingerprint density at radius 2 is 2.12 bits per heavy atom. The standard InChI is InChI=1S/C18H18FN3O3S/c19-12-5-1-2-6-14(12)22-13-7-3-4-11(13)15(21-22)16(23)20-18(17(24)25)8-9-26-10-18/h1-2,5-6H,3-4,7-10H2,(H,20,23)(H,24,25). The summed E-state index contributed by atoms with van der Waals surface area (Å²) in [6, 6.07) is 6.29. The average molecular weight is 375 g/mol.